The third-order valence-electron chi connectivity index (χ3n) is 5.55. The van der Waals surface area contributed by atoms with Crippen molar-refractivity contribution in [3.8, 4) is 0 Å². The Balaban J connectivity index is 1.41. The molecule has 1 saturated heterocycles. The number of benzene rings is 3. The normalized spacial score (nSPS) is 25.1. The molecular formula is C27H29FO5. The van der Waals surface area contributed by atoms with Gasteiger partial charge in [0.15, 0.2) is 12.5 Å². The maximum absolute atomic E-state index is 15.6. The highest BCUT2D eigenvalue weighted by molar-refractivity contribution is 5.15. The first kappa shape index (κ1) is 23.5. The van der Waals surface area contributed by atoms with Gasteiger partial charge in [0.25, 0.3) is 0 Å². The molecule has 33 heavy (non-hydrogen) atoms. The fraction of sp³-hybridized carbons (Fsp3) is 0.333. The monoisotopic (exact) mass is 452 g/mol. The Kier molecular flexibility index (Phi) is 8.58. The van der Waals surface area contributed by atoms with Gasteiger partial charge in [-0.1, -0.05) is 91.0 Å². The number of aliphatic hydroxyl groups is 1. The second kappa shape index (κ2) is 12.0. The van der Waals surface area contributed by atoms with Crippen LogP contribution >= 0.6 is 0 Å². The van der Waals surface area contributed by atoms with Crippen molar-refractivity contribution in [2.75, 3.05) is 6.61 Å². The van der Waals surface area contributed by atoms with Crippen molar-refractivity contribution in [1.82, 2.24) is 0 Å². The molecule has 0 saturated carbocycles. The smallest absolute Gasteiger partial charge is 0.184 e. The Hall–Kier alpha value is -2.61. The highest BCUT2D eigenvalue weighted by Crippen LogP contribution is 2.29. The van der Waals surface area contributed by atoms with Gasteiger partial charge in [0.1, 0.15) is 18.3 Å². The Morgan fingerprint density at radius 1 is 0.667 bits per heavy atom. The predicted octanol–water partition coefficient (Wildman–Crippen LogP) is 4.43. The summed E-state index contributed by atoms with van der Waals surface area (Å²) in [5, 5.41) is 10.7. The lowest BCUT2D eigenvalue weighted by Gasteiger charge is -2.41. The van der Waals surface area contributed by atoms with E-state index in [2.05, 4.69) is 0 Å². The topological polar surface area (TPSA) is 57.2 Å². The molecule has 6 heteroatoms. The van der Waals surface area contributed by atoms with Crippen molar-refractivity contribution < 1.29 is 28.4 Å². The average molecular weight is 453 g/mol. The van der Waals surface area contributed by atoms with E-state index in [1.807, 2.05) is 91.0 Å². The largest absolute Gasteiger partial charge is 0.374 e. The van der Waals surface area contributed by atoms with Crippen molar-refractivity contribution in [3.05, 3.63) is 108 Å². The van der Waals surface area contributed by atoms with Gasteiger partial charge >= 0.3 is 0 Å². The van der Waals surface area contributed by atoms with E-state index in [9.17, 15) is 5.11 Å². The molecule has 4 rings (SSSR count). The minimum absolute atomic E-state index is 0.0102. The van der Waals surface area contributed by atoms with Crippen molar-refractivity contribution >= 4 is 0 Å². The van der Waals surface area contributed by atoms with Gasteiger partial charge in [-0.25, -0.2) is 4.39 Å². The first-order valence-electron chi connectivity index (χ1n) is 11.1. The molecule has 174 valence electrons. The van der Waals surface area contributed by atoms with E-state index in [4.69, 9.17) is 18.9 Å². The second-order valence-corrected chi connectivity index (χ2v) is 8.03. The van der Waals surface area contributed by atoms with E-state index in [1.54, 1.807) is 0 Å². The third-order valence-corrected chi connectivity index (χ3v) is 5.55. The summed E-state index contributed by atoms with van der Waals surface area (Å²) in [7, 11) is 0. The quantitative estimate of drug-likeness (QED) is 0.493. The fourth-order valence-electron chi connectivity index (χ4n) is 3.78. The van der Waals surface area contributed by atoms with Gasteiger partial charge in [-0.15, -0.1) is 0 Å². The molecule has 1 fully saturated rings. The molecule has 1 unspecified atom stereocenters. The van der Waals surface area contributed by atoms with E-state index in [1.165, 1.54) is 0 Å². The van der Waals surface area contributed by atoms with Crippen LogP contribution in [0.15, 0.2) is 91.0 Å². The zero-order valence-corrected chi connectivity index (χ0v) is 18.3. The van der Waals surface area contributed by atoms with Gasteiger partial charge in [-0.05, 0) is 16.7 Å². The van der Waals surface area contributed by atoms with Gasteiger partial charge in [0.05, 0.1) is 26.4 Å². The first-order chi connectivity index (χ1) is 16.2. The Morgan fingerprint density at radius 2 is 1.12 bits per heavy atom. The fourth-order valence-corrected chi connectivity index (χ4v) is 3.78. The summed E-state index contributed by atoms with van der Waals surface area (Å²) in [6.07, 6.45) is -5.83. The molecule has 0 radical (unpaired) electrons. The van der Waals surface area contributed by atoms with Crippen LogP contribution in [0.3, 0.4) is 0 Å². The summed E-state index contributed by atoms with van der Waals surface area (Å²) in [6.45, 7) is 0.719. The van der Waals surface area contributed by atoms with Crippen LogP contribution in [-0.2, 0) is 38.8 Å². The molecule has 1 N–H and O–H groups in total. The first-order valence-corrected chi connectivity index (χ1v) is 11.1. The SMILES string of the molecule is OC1O[C@H](COCc2ccccc2)[C@@H](F)[C@H](OCc2ccccc2)[C@H]1OCc1ccccc1. The number of aliphatic hydroxyl groups excluding tert-OH is 1. The van der Waals surface area contributed by atoms with Crippen LogP contribution in [0, 0.1) is 0 Å². The van der Waals surface area contributed by atoms with Crippen molar-refractivity contribution in [2.45, 2.75) is 50.6 Å². The summed E-state index contributed by atoms with van der Waals surface area (Å²) in [5.74, 6) is 0. The van der Waals surface area contributed by atoms with Crippen LogP contribution in [0.25, 0.3) is 0 Å². The maximum Gasteiger partial charge on any atom is 0.184 e. The van der Waals surface area contributed by atoms with Gasteiger partial charge in [0.2, 0.25) is 0 Å². The number of rotatable bonds is 10. The van der Waals surface area contributed by atoms with Gasteiger partial charge in [-0.2, -0.15) is 0 Å². The van der Waals surface area contributed by atoms with E-state index in [0.29, 0.717) is 6.61 Å². The lowest BCUT2D eigenvalue weighted by atomic mass is 9.99. The average Bonchev–Trinajstić information content (AvgIpc) is 2.86. The molecule has 0 spiro atoms. The lowest BCUT2D eigenvalue weighted by Crippen LogP contribution is -2.58. The van der Waals surface area contributed by atoms with E-state index >= 15 is 4.39 Å². The summed E-state index contributed by atoms with van der Waals surface area (Å²) >= 11 is 0. The predicted molar refractivity (Wildman–Crippen MR) is 122 cm³/mol. The Bertz CT molecular complexity index is 941. The zero-order valence-electron chi connectivity index (χ0n) is 18.3. The number of ether oxygens (including phenoxy) is 4. The van der Waals surface area contributed by atoms with Crippen molar-refractivity contribution in [1.29, 1.82) is 0 Å². The molecule has 5 atom stereocenters. The Morgan fingerprint density at radius 3 is 1.64 bits per heavy atom. The van der Waals surface area contributed by atoms with Crippen molar-refractivity contribution in [2.24, 2.45) is 0 Å². The number of hydrogen-bond donors (Lipinski definition) is 1. The third kappa shape index (κ3) is 6.69. The summed E-state index contributed by atoms with van der Waals surface area (Å²) < 4.78 is 38.7. The van der Waals surface area contributed by atoms with Gasteiger partial charge in [-0.3, -0.25) is 0 Å². The molecule has 0 aromatic heterocycles. The minimum Gasteiger partial charge on any atom is -0.374 e. The van der Waals surface area contributed by atoms with Crippen LogP contribution in [0.5, 0.6) is 0 Å². The molecule has 1 aliphatic rings. The second-order valence-electron chi connectivity index (χ2n) is 8.03. The summed E-state index contributed by atoms with van der Waals surface area (Å²) in [5.41, 5.74) is 2.80. The molecule has 3 aromatic carbocycles. The molecule has 1 heterocycles. The maximum atomic E-state index is 15.6. The van der Waals surface area contributed by atoms with Crippen molar-refractivity contribution in [3.63, 3.8) is 0 Å². The van der Waals surface area contributed by atoms with Crippen LogP contribution in [0.1, 0.15) is 16.7 Å². The number of hydrogen-bond acceptors (Lipinski definition) is 5. The van der Waals surface area contributed by atoms with Gasteiger partial charge in [0, 0.05) is 0 Å². The van der Waals surface area contributed by atoms with Crippen LogP contribution < -0.4 is 0 Å². The highest BCUT2D eigenvalue weighted by Gasteiger charge is 2.47. The van der Waals surface area contributed by atoms with Crippen LogP contribution in [0.4, 0.5) is 4.39 Å². The molecule has 0 bridgehead atoms. The van der Waals surface area contributed by atoms with Gasteiger partial charge < -0.3 is 24.1 Å². The van der Waals surface area contributed by atoms with E-state index in [0.717, 1.165) is 16.7 Å². The molecule has 3 aromatic rings. The molecule has 0 amide bonds. The number of alkyl halides is 1. The number of halogens is 1. The summed E-state index contributed by atoms with van der Waals surface area (Å²) in [6, 6.07) is 28.6. The minimum atomic E-state index is -1.53. The van der Waals surface area contributed by atoms with Crippen LogP contribution in [0.2, 0.25) is 0 Å². The van der Waals surface area contributed by atoms with E-state index in [-0.39, 0.29) is 19.8 Å². The molecule has 1 aliphatic heterocycles. The standard InChI is InChI=1S/C27H29FO5/c28-24-23(19-30-16-20-10-4-1-5-11-20)33-27(29)26(32-18-22-14-8-3-9-15-22)25(24)31-17-21-12-6-2-7-13-21/h1-15,23-27,29H,16-19H2/t23-,24-,25+,26-,27?/m1/s1. The Labute approximate surface area is 193 Å². The molecular weight excluding hydrogens is 423 g/mol. The van der Waals surface area contributed by atoms with Crippen LogP contribution in [-0.4, -0.2) is 42.5 Å². The molecule has 5 nitrogen and oxygen atoms in total. The highest BCUT2D eigenvalue weighted by atomic mass is 19.1. The van der Waals surface area contributed by atoms with E-state index < -0.39 is 30.8 Å². The zero-order chi connectivity index (χ0) is 22.9. The lowest BCUT2D eigenvalue weighted by molar-refractivity contribution is -0.298. The summed E-state index contributed by atoms with van der Waals surface area (Å²) in [4.78, 5) is 0. The molecule has 0 aliphatic carbocycles.